The van der Waals surface area contributed by atoms with Crippen molar-refractivity contribution in [1.29, 1.82) is 0 Å². The van der Waals surface area contributed by atoms with Gasteiger partial charge in [-0.25, -0.2) is 4.79 Å². The highest BCUT2D eigenvalue weighted by Gasteiger charge is 2.48. The normalized spacial score (nSPS) is 19.2. The molecule has 5 nitrogen and oxygen atoms in total. The van der Waals surface area contributed by atoms with Gasteiger partial charge in [-0.05, 0) is 59.3 Å². The van der Waals surface area contributed by atoms with Gasteiger partial charge in [0, 0.05) is 22.4 Å². The lowest BCUT2D eigenvalue weighted by molar-refractivity contribution is -0.143. The van der Waals surface area contributed by atoms with Crippen molar-refractivity contribution < 1.29 is 24.5 Å². The summed E-state index contributed by atoms with van der Waals surface area (Å²) in [5.41, 5.74) is 0.221. The van der Waals surface area contributed by atoms with Crippen LogP contribution in [0.1, 0.15) is 11.1 Å². The summed E-state index contributed by atoms with van der Waals surface area (Å²) in [6.45, 7) is 0. The van der Waals surface area contributed by atoms with Crippen LogP contribution in [0.25, 0.3) is 21.5 Å². The Labute approximate surface area is 165 Å². The highest BCUT2D eigenvalue weighted by Crippen LogP contribution is 2.56. The van der Waals surface area contributed by atoms with Gasteiger partial charge in [-0.15, -0.1) is 0 Å². The first-order valence-electron chi connectivity index (χ1n) is 9.18. The number of phenolic OH excluding ortho intramolecular Hbond substituents is 2. The minimum absolute atomic E-state index is 0.147. The Bertz CT molecular complexity index is 1400. The van der Waals surface area contributed by atoms with Crippen LogP contribution >= 0.6 is 0 Å². The Morgan fingerprint density at radius 2 is 1.72 bits per heavy atom. The second kappa shape index (κ2) is 5.29. The maximum absolute atomic E-state index is 12.2. The van der Waals surface area contributed by atoms with Gasteiger partial charge in [0.1, 0.15) is 23.0 Å². The van der Waals surface area contributed by atoms with Crippen molar-refractivity contribution >= 4 is 27.5 Å². The van der Waals surface area contributed by atoms with Gasteiger partial charge >= 0.3 is 5.97 Å². The van der Waals surface area contributed by atoms with E-state index < -0.39 is 11.6 Å². The zero-order chi connectivity index (χ0) is 19.8. The summed E-state index contributed by atoms with van der Waals surface area (Å²) < 4.78 is 12.2. The Hall–Kier alpha value is -3.99. The van der Waals surface area contributed by atoms with Gasteiger partial charge in [0.15, 0.2) is 5.60 Å². The lowest BCUT2D eigenvalue weighted by Gasteiger charge is -2.36. The first-order valence-corrected chi connectivity index (χ1v) is 9.18. The summed E-state index contributed by atoms with van der Waals surface area (Å²) in [6, 6.07) is 17.6. The minimum Gasteiger partial charge on any atom is -0.508 e. The van der Waals surface area contributed by atoms with Gasteiger partial charge in [-0.3, -0.25) is 0 Å². The minimum atomic E-state index is -1.15. The topological polar surface area (TPSA) is 76.0 Å². The summed E-state index contributed by atoms with van der Waals surface area (Å²) in [5.74, 6) is 1.00. The molecule has 4 aromatic rings. The average Bonchev–Trinajstić information content (AvgIpc) is 3.09. The standard InChI is InChI=1S/C24H14O5/c25-14-5-6-15-13(12-14)4-8-18-23(15)28-20-9-7-16-17(2-1-3-19(16)26)22(20)24(18)11-10-21(27)29-24/h1-12,25-26H/t24-/m0/s1. The van der Waals surface area contributed by atoms with Crippen LogP contribution in [0, 0.1) is 0 Å². The molecule has 0 unspecified atom stereocenters. The van der Waals surface area contributed by atoms with Crippen molar-refractivity contribution in [2.45, 2.75) is 5.60 Å². The van der Waals surface area contributed by atoms with Gasteiger partial charge < -0.3 is 19.7 Å². The van der Waals surface area contributed by atoms with Gasteiger partial charge in [0.05, 0.1) is 5.56 Å². The molecular formula is C24H14O5. The Morgan fingerprint density at radius 3 is 2.55 bits per heavy atom. The van der Waals surface area contributed by atoms with Crippen LogP contribution < -0.4 is 4.74 Å². The van der Waals surface area contributed by atoms with Gasteiger partial charge in [0.25, 0.3) is 0 Å². The van der Waals surface area contributed by atoms with Crippen molar-refractivity contribution in [3.63, 3.8) is 0 Å². The monoisotopic (exact) mass is 382 g/mol. The fourth-order valence-electron chi connectivity index (χ4n) is 4.42. The molecule has 0 fully saturated rings. The number of benzene rings is 4. The predicted octanol–water partition coefficient (Wildman–Crippen LogP) is 4.87. The number of esters is 1. The smallest absolute Gasteiger partial charge is 0.332 e. The first kappa shape index (κ1) is 16.0. The van der Waals surface area contributed by atoms with Crippen molar-refractivity contribution in [3.8, 4) is 23.0 Å². The van der Waals surface area contributed by atoms with Crippen LogP contribution in [0.4, 0.5) is 0 Å². The van der Waals surface area contributed by atoms with Crippen LogP contribution in [-0.4, -0.2) is 16.2 Å². The molecule has 4 aromatic carbocycles. The summed E-state index contributed by atoms with van der Waals surface area (Å²) in [4.78, 5) is 12.2. The lowest BCUT2D eigenvalue weighted by atomic mass is 9.80. The van der Waals surface area contributed by atoms with Crippen molar-refractivity contribution in [2.24, 2.45) is 0 Å². The molecule has 0 saturated heterocycles. The number of ether oxygens (including phenoxy) is 2. The Morgan fingerprint density at radius 1 is 0.862 bits per heavy atom. The van der Waals surface area contributed by atoms with E-state index in [1.165, 1.54) is 6.08 Å². The first-order chi connectivity index (χ1) is 14.1. The van der Waals surface area contributed by atoms with Crippen molar-refractivity contribution in [1.82, 2.24) is 0 Å². The number of rotatable bonds is 0. The molecule has 1 spiro atoms. The summed E-state index contributed by atoms with van der Waals surface area (Å²) in [7, 11) is 0. The summed E-state index contributed by atoms with van der Waals surface area (Å²) in [6.07, 6.45) is 3.16. The van der Waals surface area contributed by atoms with E-state index in [0.717, 1.165) is 16.2 Å². The van der Waals surface area contributed by atoms with E-state index in [2.05, 4.69) is 0 Å². The van der Waals surface area contributed by atoms with Gasteiger partial charge in [-0.2, -0.15) is 0 Å². The molecule has 0 amide bonds. The molecule has 6 rings (SSSR count). The summed E-state index contributed by atoms with van der Waals surface area (Å²) >= 11 is 0. The SMILES string of the molecule is O=C1C=C[C@]2(O1)c1ccc3cc(O)ccc3c1Oc1ccc3c(O)cccc3c12. The molecule has 140 valence electrons. The number of fused-ring (bicyclic) bond motifs is 8. The van der Waals surface area contributed by atoms with E-state index in [-0.39, 0.29) is 11.5 Å². The molecule has 5 heteroatoms. The lowest BCUT2D eigenvalue weighted by Crippen LogP contribution is -2.31. The molecule has 0 radical (unpaired) electrons. The van der Waals surface area contributed by atoms with Crippen molar-refractivity contribution in [2.75, 3.05) is 0 Å². The number of carbonyl (C=O) groups is 1. The zero-order valence-corrected chi connectivity index (χ0v) is 15.0. The fraction of sp³-hybridized carbons (Fsp3) is 0.0417. The number of phenols is 2. The van der Waals surface area contributed by atoms with E-state index in [9.17, 15) is 15.0 Å². The van der Waals surface area contributed by atoms with Crippen molar-refractivity contribution in [3.05, 3.63) is 83.9 Å². The molecule has 0 aromatic heterocycles. The molecule has 2 N–H and O–H groups in total. The summed E-state index contributed by atoms with van der Waals surface area (Å²) in [5, 5.41) is 23.2. The maximum Gasteiger partial charge on any atom is 0.332 e. The van der Waals surface area contributed by atoms with Crippen LogP contribution in [0.2, 0.25) is 0 Å². The second-order valence-corrected chi connectivity index (χ2v) is 7.25. The number of aromatic hydroxyl groups is 2. The van der Waals surface area contributed by atoms with Gasteiger partial charge in [-0.1, -0.05) is 18.2 Å². The molecule has 2 aliphatic rings. The average molecular weight is 382 g/mol. The predicted molar refractivity (Wildman–Crippen MR) is 107 cm³/mol. The van der Waals surface area contributed by atoms with Crippen LogP contribution in [0.5, 0.6) is 23.0 Å². The third kappa shape index (κ3) is 2.01. The highest BCUT2D eigenvalue weighted by molar-refractivity contribution is 5.99. The molecular weight excluding hydrogens is 368 g/mol. The van der Waals surface area contributed by atoms with E-state index in [1.54, 1.807) is 48.5 Å². The molecule has 2 aliphatic heterocycles. The van der Waals surface area contributed by atoms with E-state index >= 15 is 0 Å². The largest absolute Gasteiger partial charge is 0.508 e. The molecule has 0 bridgehead atoms. The highest BCUT2D eigenvalue weighted by atomic mass is 16.6. The quantitative estimate of drug-likeness (QED) is 0.425. The molecule has 2 heterocycles. The maximum atomic E-state index is 12.2. The van der Waals surface area contributed by atoms with E-state index in [0.29, 0.717) is 28.0 Å². The molecule has 29 heavy (non-hydrogen) atoms. The van der Waals surface area contributed by atoms with E-state index in [4.69, 9.17) is 9.47 Å². The number of hydrogen-bond acceptors (Lipinski definition) is 5. The third-order valence-electron chi connectivity index (χ3n) is 5.65. The van der Waals surface area contributed by atoms with Crippen LogP contribution in [0.15, 0.2) is 72.8 Å². The molecule has 0 aliphatic carbocycles. The third-order valence-corrected chi connectivity index (χ3v) is 5.65. The van der Waals surface area contributed by atoms with Crippen LogP contribution in [-0.2, 0) is 15.1 Å². The Balaban J connectivity index is 1.75. The Kier molecular flexibility index (Phi) is 2.92. The van der Waals surface area contributed by atoms with Gasteiger partial charge in [0.2, 0.25) is 0 Å². The van der Waals surface area contributed by atoms with E-state index in [1.807, 2.05) is 18.2 Å². The fourth-order valence-corrected chi connectivity index (χ4v) is 4.42. The molecule has 0 saturated carbocycles. The zero-order valence-electron chi connectivity index (χ0n) is 15.0. The number of hydrogen-bond donors (Lipinski definition) is 2. The second-order valence-electron chi connectivity index (χ2n) is 7.25. The molecule has 1 atom stereocenters. The van der Waals surface area contributed by atoms with Crippen LogP contribution in [0.3, 0.4) is 0 Å². The number of carbonyl (C=O) groups excluding carboxylic acids is 1.